The van der Waals surface area contributed by atoms with Gasteiger partial charge in [0.05, 0.1) is 5.41 Å². The van der Waals surface area contributed by atoms with Gasteiger partial charge in [0.15, 0.2) is 14.1 Å². The Labute approximate surface area is 111 Å². The summed E-state index contributed by atoms with van der Waals surface area (Å²) in [5.41, 5.74) is 1.39. The van der Waals surface area contributed by atoms with Crippen LogP contribution >= 0.6 is 0 Å². The van der Waals surface area contributed by atoms with Crippen LogP contribution in [0, 0.1) is 0 Å². The number of methoxy groups -OCH3 is 1. The van der Waals surface area contributed by atoms with Gasteiger partial charge in [-0.1, -0.05) is 37.3 Å². The minimum Gasteiger partial charge on any atom is -0.390 e. The van der Waals surface area contributed by atoms with Crippen molar-refractivity contribution in [2.24, 2.45) is 0 Å². The average molecular weight is 264 g/mol. The molecule has 1 saturated carbocycles. The van der Waals surface area contributed by atoms with Crippen LogP contribution < -0.4 is 0 Å². The summed E-state index contributed by atoms with van der Waals surface area (Å²) >= 11 is 0. The second-order valence-corrected chi connectivity index (χ2v) is 10.6. The molecule has 0 N–H and O–H groups in total. The molecule has 1 aliphatic carbocycles. The molecule has 0 heterocycles. The van der Waals surface area contributed by atoms with E-state index in [9.17, 15) is 0 Å². The van der Waals surface area contributed by atoms with E-state index in [1.165, 1.54) is 5.56 Å². The summed E-state index contributed by atoms with van der Waals surface area (Å²) in [6.45, 7) is 8.88. The summed E-state index contributed by atoms with van der Waals surface area (Å²) in [6.07, 6.45) is 2.02. The van der Waals surface area contributed by atoms with Gasteiger partial charge in [-0.3, -0.25) is 0 Å². The Balaban J connectivity index is 2.32. The van der Waals surface area contributed by atoms with Gasteiger partial charge < -0.3 is 9.16 Å². The lowest BCUT2D eigenvalue weighted by Gasteiger charge is -2.30. The van der Waals surface area contributed by atoms with Gasteiger partial charge in [0.1, 0.15) is 0 Å². The van der Waals surface area contributed by atoms with Crippen molar-refractivity contribution in [3.8, 4) is 0 Å². The number of hydrogen-bond acceptors (Lipinski definition) is 2. The van der Waals surface area contributed by atoms with Crippen molar-refractivity contribution in [3.05, 3.63) is 35.9 Å². The number of hydrogen-bond donors (Lipinski definition) is 0. The van der Waals surface area contributed by atoms with Crippen LogP contribution in [0.15, 0.2) is 30.3 Å². The minimum absolute atomic E-state index is 0.0449. The van der Waals surface area contributed by atoms with Gasteiger partial charge >= 0.3 is 0 Å². The standard InChI is InChI=1S/C15H24O2Si/c1-6-14(13-10-8-7-9-11-13)12-15(14,16-2)17-18(3,4)5/h7-11H,6,12H2,1-5H3/t14-,15+/m0/s1. The quantitative estimate of drug-likeness (QED) is 0.592. The van der Waals surface area contributed by atoms with Crippen molar-refractivity contribution >= 4 is 8.32 Å². The van der Waals surface area contributed by atoms with Gasteiger partial charge in [0.2, 0.25) is 0 Å². The van der Waals surface area contributed by atoms with Gasteiger partial charge in [-0.25, -0.2) is 0 Å². The second-order valence-electron chi connectivity index (χ2n) is 6.15. The third kappa shape index (κ3) is 2.15. The van der Waals surface area contributed by atoms with E-state index < -0.39 is 14.1 Å². The van der Waals surface area contributed by atoms with E-state index in [1.807, 2.05) is 0 Å². The molecule has 0 bridgehead atoms. The monoisotopic (exact) mass is 264 g/mol. The predicted molar refractivity (Wildman–Crippen MR) is 77.2 cm³/mol. The van der Waals surface area contributed by atoms with Crippen LogP contribution in [0.2, 0.25) is 19.6 Å². The first-order valence-electron chi connectivity index (χ1n) is 6.70. The molecule has 1 aromatic carbocycles. The molecule has 100 valence electrons. The molecule has 2 nitrogen and oxygen atoms in total. The molecule has 0 saturated heterocycles. The maximum atomic E-state index is 6.36. The predicted octanol–water partition coefficient (Wildman–Crippen LogP) is 3.93. The zero-order valence-electron chi connectivity index (χ0n) is 12.1. The smallest absolute Gasteiger partial charge is 0.187 e. The van der Waals surface area contributed by atoms with Crippen LogP contribution in [0.3, 0.4) is 0 Å². The zero-order chi connectivity index (χ0) is 13.4. The molecule has 0 aliphatic heterocycles. The fourth-order valence-electron chi connectivity index (χ4n) is 2.97. The summed E-state index contributed by atoms with van der Waals surface area (Å²) in [5.74, 6) is -0.395. The SMILES string of the molecule is CC[C@@]1(c2ccccc2)C[C@@]1(OC)O[Si](C)(C)C. The normalized spacial score (nSPS) is 31.4. The summed E-state index contributed by atoms with van der Waals surface area (Å²) < 4.78 is 12.2. The first kappa shape index (κ1) is 13.8. The van der Waals surface area contributed by atoms with Gasteiger partial charge in [-0.2, -0.15) is 0 Å². The maximum absolute atomic E-state index is 6.36. The molecule has 0 aromatic heterocycles. The Hall–Kier alpha value is -0.643. The first-order valence-corrected chi connectivity index (χ1v) is 10.1. The van der Waals surface area contributed by atoms with Crippen LogP contribution in [0.4, 0.5) is 0 Å². The third-order valence-corrected chi connectivity index (χ3v) is 4.81. The van der Waals surface area contributed by atoms with Gasteiger partial charge in [0.25, 0.3) is 0 Å². The fourth-order valence-corrected chi connectivity index (χ4v) is 4.31. The van der Waals surface area contributed by atoms with Crippen LogP contribution in [-0.4, -0.2) is 21.2 Å². The van der Waals surface area contributed by atoms with Crippen molar-refractivity contribution in [1.82, 2.24) is 0 Å². The minimum atomic E-state index is -1.61. The molecule has 0 spiro atoms. The molecule has 3 heteroatoms. The summed E-state index contributed by atoms with van der Waals surface area (Å²) in [6, 6.07) is 10.6. The van der Waals surface area contributed by atoms with E-state index >= 15 is 0 Å². The Morgan fingerprint density at radius 1 is 1.17 bits per heavy atom. The summed E-state index contributed by atoms with van der Waals surface area (Å²) in [7, 11) is 0.164. The molecular formula is C15H24O2Si. The lowest BCUT2D eigenvalue weighted by atomic mass is 9.92. The van der Waals surface area contributed by atoms with Crippen LogP contribution in [0.25, 0.3) is 0 Å². The highest BCUT2D eigenvalue weighted by Gasteiger charge is 2.70. The molecule has 0 amide bonds. The van der Waals surface area contributed by atoms with Gasteiger partial charge in [0, 0.05) is 13.5 Å². The molecule has 2 atom stereocenters. The summed E-state index contributed by atoms with van der Waals surface area (Å²) in [5, 5.41) is 0. The first-order chi connectivity index (χ1) is 8.39. The fraction of sp³-hybridized carbons (Fsp3) is 0.600. The number of ether oxygens (including phenoxy) is 1. The number of rotatable bonds is 5. The van der Waals surface area contributed by atoms with E-state index in [0.29, 0.717) is 0 Å². The van der Waals surface area contributed by atoms with Crippen LogP contribution in [0.1, 0.15) is 25.3 Å². The highest BCUT2D eigenvalue weighted by molar-refractivity contribution is 6.69. The van der Waals surface area contributed by atoms with Crippen molar-refractivity contribution < 1.29 is 9.16 Å². The average Bonchev–Trinajstić information content (AvgIpc) is 2.98. The van der Waals surface area contributed by atoms with Gasteiger partial charge in [-0.05, 0) is 31.6 Å². The van der Waals surface area contributed by atoms with Crippen molar-refractivity contribution in [3.63, 3.8) is 0 Å². The highest BCUT2D eigenvalue weighted by atomic mass is 28.4. The molecule has 2 rings (SSSR count). The van der Waals surface area contributed by atoms with Crippen molar-refractivity contribution in [2.75, 3.05) is 7.11 Å². The maximum Gasteiger partial charge on any atom is 0.187 e. The molecule has 1 aliphatic rings. The topological polar surface area (TPSA) is 18.5 Å². The van der Waals surface area contributed by atoms with E-state index in [0.717, 1.165) is 12.8 Å². The molecule has 0 unspecified atom stereocenters. The van der Waals surface area contributed by atoms with E-state index in [2.05, 4.69) is 56.9 Å². The molecule has 1 aromatic rings. The zero-order valence-corrected chi connectivity index (χ0v) is 13.1. The molecule has 0 radical (unpaired) electrons. The second kappa shape index (κ2) is 4.48. The van der Waals surface area contributed by atoms with Crippen molar-refractivity contribution in [2.45, 2.75) is 50.6 Å². The van der Waals surface area contributed by atoms with E-state index in [-0.39, 0.29) is 5.41 Å². The molecule has 1 fully saturated rings. The Morgan fingerprint density at radius 3 is 2.22 bits per heavy atom. The lowest BCUT2D eigenvalue weighted by molar-refractivity contribution is -0.105. The highest BCUT2D eigenvalue weighted by Crippen LogP contribution is 2.63. The summed E-state index contributed by atoms with van der Waals surface area (Å²) in [4.78, 5) is 0. The van der Waals surface area contributed by atoms with Gasteiger partial charge in [-0.15, -0.1) is 0 Å². The van der Waals surface area contributed by atoms with Crippen molar-refractivity contribution in [1.29, 1.82) is 0 Å². The Morgan fingerprint density at radius 2 is 1.78 bits per heavy atom. The molecular weight excluding hydrogens is 240 g/mol. The Bertz CT molecular complexity index is 412. The van der Waals surface area contributed by atoms with E-state index in [4.69, 9.17) is 9.16 Å². The largest absolute Gasteiger partial charge is 0.390 e. The number of benzene rings is 1. The Kier molecular flexibility index (Phi) is 3.43. The van der Waals surface area contributed by atoms with Crippen LogP contribution in [-0.2, 0) is 14.6 Å². The van der Waals surface area contributed by atoms with E-state index in [1.54, 1.807) is 7.11 Å². The third-order valence-electron chi connectivity index (χ3n) is 3.87. The van der Waals surface area contributed by atoms with Crippen LogP contribution in [0.5, 0.6) is 0 Å². The lowest BCUT2D eigenvalue weighted by Crippen LogP contribution is -2.39. The molecule has 18 heavy (non-hydrogen) atoms.